The molecule has 2 amide bonds. The molecule has 1 aromatic heterocycles. The molecule has 3 aliphatic rings. The highest BCUT2D eigenvalue weighted by atomic mass is 19.3. The van der Waals surface area contributed by atoms with Gasteiger partial charge in [0.2, 0.25) is 11.8 Å². The summed E-state index contributed by atoms with van der Waals surface area (Å²) in [6.45, 7) is 5.84. The van der Waals surface area contributed by atoms with E-state index in [0.29, 0.717) is 107 Å². The zero-order chi connectivity index (χ0) is 49.5. The van der Waals surface area contributed by atoms with Crippen molar-refractivity contribution in [1.82, 2.24) is 34.4 Å². The molecule has 0 saturated carbocycles. The zero-order valence-electron chi connectivity index (χ0n) is 37.3. The van der Waals surface area contributed by atoms with Crippen molar-refractivity contribution in [3.8, 4) is 11.8 Å². The Kier molecular flexibility index (Phi) is 22.9. The fourth-order valence-electron chi connectivity index (χ4n) is 8.03. The van der Waals surface area contributed by atoms with Gasteiger partial charge in [0.15, 0.2) is 5.78 Å². The number of rotatable bonds is 19. The minimum absolute atomic E-state index is 0.0545. The quantitative estimate of drug-likeness (QED) is 0.145. The Hall–Kier alpha value is -6.40. The summed E-state index contributed by atoms with van der Waals surface area (Å²) in [6.07, 6.45) is 1.13. The smallest absolute Gasteiger partial charge is 0.373 e. The second-order valence-electron chi connectivity index (χ2n) is 16.3. The number of nitrogens with zero attached hydrogens (tertiary/aromatic N) is 8. The van der Waals surface area contributed by atoms with Crippen molar-refractivity contribution >= 4 is 58.5 Å². The first-order chi connectivity index (χ1) is 31.9. The molecule has 2 N–H and O–H groups in total. The van der Waals surface area contributed by atoms with Crippen LogP contribution in [0.2, 0.25) is 0 Å². The van der Waals surface area contributed by atoms with Crippen molar-refractivity contribution in [3.05, 3.63) is 36.0 Å². The van der Waals surface area contributed by atoms with Crippen molar-refractivity contribution < 1.29 is 71.7 Å². The molecule has 5 rings (SSSR count). The van der Waals surface area contributed by atoms with Crippen molar-refractivity contribution in [1.29, 1.82) is 5.26 Å². The zero-order valence-corrected chi connectivity index (χ0v) is 37.3. The molecule has 0 bridgehead atoms. The number of carbonyl (C=O) groups is 6. The van der Waals surface area contributed by atoms with E-state index < -0.39 is 48.7 Å². The first-order valence-electron chi connectivity index (χ1n) is 21.6. The number of piperazine rings is 1. The van der Waals surface area contributed by atoms with Crippen molar-refractivity contribution in [2.45, 2.75) is 56.9 Å². The maximum atomic E-state index is 13.8. The van der Waals surface area contributed by atoms with E-state index in [1.54, 1.807) is 29.2 Å². The largest absolute Gasteiger partial charge is 0.494 e. The van der Waals surface area contributed by atoms with Crippen LogP contribution >= 0.6 is 0 Å². The SMILES string of the molecule is CN1CCN(CC(=O)O)CCN(CC(=O)C[C@@H](CCC(=O)O)C(=O)N2CCN(CCCOc3ccc4nccc(C(=O)CCC(=O)N5CC(F)(F)C[C@H]5C#N)c4c3)CC2)CC1.O=C=O.O=C=O. The third-order valence-corrected chi connectivity index (χ3v) is 11.5. The summed E-state index contributed by atoms with van der Waals surface area (Å²) in [6, 6.07) is 7.21. The van der Waals surface area contributed by atoms with Gasteiger partial charge in [-0.15, -0.1) is 0 Å². The third kappa shape index (κ3) is 18.8. The van der Waals surface area contributed by atoms with E-state index in [1.165, 1.54) is 12.3 Å². The first-order valence-corrected chi connectivity index (χ1v) is 21.6. The molecule has 0 aliphatic carbocycles. The van der Waals surface area contributed by atoms with Crippen LogP contribution in [0.3, 0.4) is 0 Å². The molecule has 1 aromatic carbocycles. The number of benzene rings is 1. The minimum Gasteiger partial charge on any atom is -0.494 e. The summed E-state index contributed by atoms with van der Waals surface area (Å²) < 4.78 is 33.7. The number of pyridine rings is 1. The lowest BCUT2D eigenvalue weighted by Gasteiger charge is -2.36. The Morgan fingerprint density at radius 3 is 2.06 bits per heavy atom. The number of amides is 2. The van der Waals surface area contributed by atoms with E-state index in [4.69, 9.17) is 23.9 Å². The number of alkyl halides is 2. The Bertz CT molecular complexity index is 2120. The van der Waals surface area contributed by atoms with Gasteiger partial charge in [0.1, 0.15) is 17.6 Å². The maximum absolute atomic E-state index is 13.8. The molecule has 4 heterocycles. The summed E-state index contributed by atoms with van der Waals surface area (Å²) in [4.78, 5) is 123. The Morgan fingerprint density at radius 2 is 1.45 bits per heavy atom. The number of likely N-dealkylation sites (tertiary alicyclic amines) is 1. The lowest BCUT2D eigenvalue weighted by Crippen LogP contribution is -2.51. The molecule has 2 atom stereocenters. The number of fused-ring (bicyclic) bond motifs is 1. The van der Waals surface area contributed by atoms with Crippen LogP contribution in [0, 0.1) is 17.2 Å². The van der Waals surface area contributed by atoms with Gasteiger partial charge in [0.05, 0.1) is 37.8 Å². The van der Waals surface area contributed by atoms with Gasteiger partial charge in [-0.1, -0.05) is 0 Å². The fraction of sp³-hybridized carbons (Fsp3) is 0.591. The van der Waals surface area contributed by atoms with Crippen LogP contribution in [0.1, 0.15) is 55.3 Å². The van der Waals surface area contributed by atoms with Gasteiger partial charge in [0, 0.05) is 127 Å². The van der Waals surface area contributed by atoms with Gasteiger partial charge in [-0.25, -0.2) is 8.78 Å². The maximum Gasteiger partial charge on any atom is 0.373 e. The highest BCUT2D eigenvalue weighted by Crippen LogP contribution is 2.32. The molecule has 364 valence electrons. The van der Waals surface area contributed by atoms with Gasteiger partial charge < -0.3 is 29.6 Å². The van der Waals surface area contributed by atoms with Crippen LogP contribution in [0.5, 0.6) is 5.75 Å². The molecular weight excluding hydrogens is 887 g/mol. The highest BCUT2D eigenvalue weighted by molar-refractivity contribution is 6.08. The van der Waals surface area contributed by atoms with Crippen LogP contribution in [0.15, 0.2) is 30.5 Å². The van der Waals surface area contributed by atoms with E-state index in [9.17, 15) is 53.0 Å². The van der Waals surface area contributed by atoms with Crippen molar-refractivity contribution in [2.75, 3.05) is 105 Å². The molecule has 2 aromatic rings. The average molecular weight is 943 g/mol. The number of ether oxygens (including phenoxy) is 1. The normalized spacial score (nSPS) is 18.4. The third-order valence-electron chi connectivity index (χ3n) is 11.5. The lowest BCUT2D eigenvalue weighted by atomic mass is 9.94. The summed E-state index contributed by atoms with van der Waals surface area (Å²) in [5.74, 6) is -6.77. The van der Waals surface area contributed by atoms with Crippen LogP contribution in [-0.2, 0) is 43.2 Å². The molecule has 0 unspecified atom stereocenters. The van der Waals surface area contributed by atoms with Gasteiger partial charge in [0.25, 0.3) is 5.92 Å². The minimum atomic E-state index is -3.14. The number of halogens is 2. The van der Waals surface area contributed by atoms with E-state index in [1.807, 2.05) is 16.8 Å². The van der Waals surface area contributed by atoms with E-state index >= 15 is 0 Å². The predicted octanol–water partition coefficient (Wildman–Crippen LogP) is 0.778. The van der Waals surface area contributed by atoms with Crippen LogP contribution in [0.25, 0.3) is 10.9 Å². The molecule has 21 nitrogen and oxygen atoms in total. The number of carboxylic acid groups (broad SMARTS) is 2. The second kappa shape index (κ2) is 27.9. The van der Waals surface area contributed by atoms with Gasteiger partial charge in [-0.2, -0.15) is 24.4 Å². The van der Waals surface area contributed by atoms with Crippen LogP contribution in [-0.4, -0.2) is 209 Å². The topological polar surface area (TPSA) is 277 Å². The Labute approximate surface area is 385 Å². The van der Waals surface area contributed by atoms with Crippen molar-refractivity contribution in [2.24, 2.45) is 5.92 Å². The number of Topliss-reactive ketones (excluding diaryl/α,β-unsaturated/α-hetero) is 2. The summed E-state index contributed by atoms with van der Waals surface area (Å²) in [5, 5.41) is 28.4. The molecule has 67 heavy (non-hydrogen) atoms. The predicted molar refractivity (Wildman–Crippen MR) is 227 cm³/mol. The molecule has 3 aliphatic heterocycles. The van der Waals surface area contributed by atoms with Crippen molar-refractivity contribution in [3.63, 3.8) is 0 Å². The number of aliphatic carboxylic acids is 2. The van der Waals surface area contributed by atoms with Crippen LogP contribution in [0.4, 0.5) is 8.78 Å². The number of hydrogen-bond acceptors (Lipinski definition) is 17. The lowest BCUT2D eigenvalue weighted by molar-refractivity contribution is -0.193. The monoisotopic (exact) mass is 942 g/mol. The summed E-state index contributed by atoms with van der Waals surface area (Å²) in [5.41, 5.74) is 0.855. The molecule has 0 spiro atoms. The van der Waals surface area contributed by atoms with E-state index in [-0.39, 0.29) is 75.0 Å². The fourth-order valence-corrected chi connectivity index (χ4v) is 8.03. The van der Waals surface area contributed by atoms with Gasteiger partial charge >= 0.3 is 24.2 Å². The van der Waals surface area contributed by atoms with Crippen LogP contribution < -0.4 is 4.74 Å². The molecule has 3 fully saturated rings. The molecule has 3 saturated heterocycles. The Morgan fingerprint density at radius 1 is 0.836 bits per heavy atom. The standard InChI is InChI=1S/C42H56F2N8O9.2CO2/c1-47-12-14-49(16-17-50(15-13-47)28-40(58)59)27-32(53)23-30(3-8-39(56)57)41(60)51-20-18-48(19-21-51)11-2-22-61-33-4-5-36-35(24-33)34(9-10-46-36)37(54)6-7-38(55)52-29-42(43,44)25-31(52)26-45;2*2-1-3/h4-5,9-10,24,30-31H,2-3,6-8,11-23,25,27-29H2,1H3,(H,56,57)(H,58,59);;/t30-,31+;;/m1../s1. The summed E-state index contributed by atoms with van der Waals surface area (Å²) in [7, 11) is 1.95. The second-order valence-corrected chi connectivity index (χ2v) is 16.3. The first kappa shape index (κ1) is 54.9. The number of hydrogen-bond donors (Lipinski definition) is 2. The van der Waals surface area contributed by atoms with E-state index in [0.717, 1.165) is 4.90 Å². The van der Waals surface area contributed by atoms with Gasteiger partial charge in [-0.3, -0.25) is 48.5 Å². The average Bonchev–Trinajstić information content (AvgIpc) is 3.65. The number of ketones is 2. The number of nitriles is 1. The van der Waals surface area contributed by atoms with Gasteiger partial charge in [-0.05, 0) is 44.2 Å². The number of likely N-dealkylation sites (N-methyl/N-ethyl adjacent to an activating group) is 1. The number of carboxylic acids is 2. The molecular formula is C44H56F2N8O13. The molecule has 23 heteroatoms. The number of aromatic nitrogens is 1. The summed E-state index contributed by atoms with van der Waals surface area (Å²) >= 11 is 0. The number of carbonyl (C=O) groups excluding carboxylic acids is 8. The van der Waals surface area contributed by atoms with E-state index in [2.05, 4.69) is 14.8 Å². The Balaban J connectivity index is 0.00000188. The highest BCUT2D eigenvalue weighted by Gasteiger charge is 2.47. The molecule has 0 radical (unpaired) electrons.